The van der Waals surface area contributed by atoms with Crippen LogP contribution in [-0.4, -0.2) is 43.3 Å². The Balaban J connectivity index is 0.000000200. The molecule has 7 nitrogen and oxygen atoms in total. The minimum absolute atomic E-state index is 0.0278. The van der Waals surface area contributed by atoms with Gasteiger partial charge in [-0.1, -0.05) is 18.2 Å². The first-order valence-electron chi connectivity index (χ1n) is 5.34. The number of hydrogen-bond acceptors (Lipinski definition) is 4. The van der Waals surface area contributed by atoms with Crippen LogP contribution >= 0.6 is 0 Å². The summed E-state index contributed by atoms with van der Waals surface area (Å²) < 4.78 is 29.9. The second kappa shape index (κ2) is 5.81. The zero-order valence-electron chi connectivity index (χ0n) is 10.5. The van der Waals surface area contributed by atoms with Crippen molar-refractivity contribution in [3.05, 3.63) is 29.8 Å². The highest BCUT2D eigenvalue weighted by Gasteiger charge is 2.18. The number of nitrogens with zero attached hydrogens (tertiary/aromatic N) is 1. The van der Waals surface area contributed by atoms with Crippen molar-refractivity contribution in [1.29, 1.82) is 5.41 Å². The standard InChI is InChI=1S/C7H8O3S.C4H7N3O/c1-6-4-2-3-5-7(6)11(8,9)10;1-7-2-3(8)6-4(7)5/h2-5H,1H3,(H,8,9,10);2H2,1H3,(H2,5,6,8). The number of likely N-dealkylation sites (N-methyl/N-ethyl adjacent to an activating group) is 1. The Morgan fingerprint density at radius 2 is 1.95 bits per heavy atom. The number of hydrogen-bond donors (Lipinski definition) is 3. The van der Waals surface area contributed by atoms with Gasteiger partial charge in [0.05, 0.1) is 11.4 Å². The molecule has 0 aromatic heterocycles. The molecule has 0 bridgehead atoms. The van der Waals surface area contributed by atoms with Gasteiger partial charge in [-0.25, -0.2) is 0 Å². The number of guanidine groups is 1. The summed E-state index contributed by atoms with van der Waals surface area (Å²) in [5, 5.41) is 9.32. The predicted molar refractivity (Wildman–Crippen MR) is 69.5 cm³/mol. The highest BCUT2D eigenvalue weighted by atomic mass is 32.2. The number of aryl methyl sites for hydroxylation is 1. The molecule has 1 aliphatic heterocycles. The first-order valence-corrected chi connectivity index (χ1v) is 6.78. The molecular formula is C11H15N3O4S. The maximum absolute atomic E-state index is 10.6. The van der Waals surface area contributed by atoms with Crippen molar-refractivity contribution in [2.45, 2.75) is 11.8 Å². The zero-order chi connectivity index (χ0) is 14.6. The van der Waals surface area contributed by atoms with Crippen LogP contribution in [0.25, 0.3) is 0 Å². The normalized spacial score (nSPS) is 14.8. The third-order valence-corrected chi connectivity index (χ3v) is 3.41. The molecule has 1 aromatic rings. The molecule has 1 heterocycles. The van der Waals surface area contributed by atoms with Crippen molar-refractivity contribution in [1.82, 2.24) is 10.2 Å². The number of benzene rings is 1. The van der Waals surface area contributed by atoms with E-state index >= 15 is 0 Å². The third-order valence-electron chi connectivity index (χ3n) is 2.39. The van der Waals surface area contributed by atoms with E-state index in [9.17, 15) is 13.2 Å². The van der Waals surface area contributed by atoms with Gasteiger partial charge in [0, 0.05) is 7.05 Å². The summed E-state index contributed by atoms with van der Waals surface area (Å²) in [6.07, 6.45) is 0. The SMILES string of the molecule is CN1CC(=O)NC1=N.Cc1ccccc1S(=O)(=O)O. The minimum Gasteiger partial charge on any atom is -0.337 e. The molecule has 2 rings (SSSR count). The molecule has 104 valence electrons. The van der Waals surface area contributed by atoms with Crippen molar-refractivity contribution in [3.8, 4) is 0 Å². The van der Waals surface area contributed by atoms with Crippen LogP contribution in [0.1, 0.15) is 5.56 Å². The average molecular weight is 285 g/mol. The van der Waals surface area contributed by atoms with Gasteiger partial charge >= 0.3 is 0 Å². The molecule has 1 aliphatic rings. The summed E-state index contributed by atoms with van der Waals surface area (Å²) in [6.45, 7) is 1.95. The van der Waals surface area contributed by atoms with E-state index in [-0.39, 0.29) is 16.8 Å². The molecule has 8 heteroatoms. The molecule has 3 N–H and O–H groups in total. The van der Waals surface area contributed by atoms with Gasteiger partial charge in [0.1, 0.15) is 0 Å². The fourth-order valence-electron chi connectivity index (χ4n) is 1.41. The van der Waals surface area contributed by atoms with Gasteiger partial charge in [0.25, 0.3) is 10.1 Å². The van der Waals surface area contributed by atoms with Crippen LogP contribution in [0.15, 0.2) is 29.2 Å². The fraction of sp³-hybridized carbons (Fsp3) is 0.273. The largest absolute Gasteiger partial charge is 0.337 e. The molecule has 1 saturated heterocycles. The monoisotopic (exact) mass is 285 g/mol. The van der Waals surface area contributed by atoms with E-state index in [1.807, 2.05) is 0 Å². The lowest BCUT2D eigenvalue weighted by Crippen LogP contribution is -2.25. The predicted octanol–water partition coefficient (Wildman–Crippen LogP) is 0.224. The van der Waals surface area contributed by atoms with E-state index in [4.69, 9.17) is 9.96 Å². The van der Waals surface area contributed by atoms with Gasteiger partial charge in [-0.05, 0) is 18.6 Å². The first kappa shape index (κ1) is 15.1. The second-order valence-corrected chi connectivity index (χ2v) is 5.38. The van der Waals surface area contributed by atoms with Crippen LogP contribution in [0.5, 0.6) is 0 Å². The topological polar surface area (TPSA) is 111 Å². The maximum Gasteiger partial charge on any atom is 0.294 e. The molecule has 0 spiro atoms. The van der Waals surface area contributed by atoms with Crippen molar-refractivity contribution in [3.63, 3.8) is 0 Å². The molecule has 1 amide bonds. The summed E-state index contributed by atoms with van der Waals surface area (Å²) in [6, 6.07) is 6.27. The van der Waals surface area contributed by atoms with E-state index in [0.717, 1.165) is 0 Å². The summed E-state index contributed by atoms with van der Waals surface area (Å²) in [4.78, 5) is 11.9. The molecule has 0 atom stereocenters. The number of carbonyl (C=O) groups excluding carboxylic acids is 1. The van der Waals surface area contributed by atoms with Crippen molar-refractivity contribution in [2.75, 3.05) is 13.6 Å². The van der Waals surface area contributed by atoms with Gasteiger partial charge in [0.15, 0.2) is 5.96 Å². The van der Waals surface area contributed by atoms with Crippen LogP contribution in [0.2, 0.25) is 0 Å². The summed E-state index contributed by atoms with van der Waals surface area (Å²) in [5.74, 6) is 0.0903. The van der Waals surface area contributed by atoms with Gasteiger partial charge in [-0.3, -0.25) is 20.1 Å². The number of nitrogens with one attached hydrogen (secondary N) is 2. The summed E-state index contributed by atoms with van der Waals surface area (Å²) in [7, 11) is -2.34. The third kappa shape index (κ3) is 4.34. The van der Waals surface area contributed by atoms with Crippen LogP contribution < -0.4 is 5.32 Å². The van der Waals surface area contributed by atoms with Crippen LogP contribution in [0.4, 0.5) is 0 Å². The number of carbonyl (C=O) groups is 1. The van der Waals surface area contributed by atoms with Gasteiger partial charge < -0.3 is 4.90 Å². The molecule has 1 fully saturated rings. The van der Waals surface area contributed by atoms with E-state index in [0.29, 0.717) is 12.1 Å². The lowest BCUT2D eigenvalue weighted by molar-refractivity contribution is -0.118. The molecule has 0 aliphatic carbocycles. The highest BCUT2D eigenvalue weighted by molar-refractivity contribution is 7.85. The first-order chi connectivity index (χ1) is 8.71. The van der Waals surface area contributed by atoms with Gasteiger partial charge in [-0.2, -0.15) is 8.42 Å². The van der Waals surface area contributed by atoms with E-state index in [1.54, 1.807) is 37.1 Å². The average Bonchev–Trinajstić information content (AvgIpc) is 2.56. The molecule has 0 radical (unpaired) electrons. The lowest BCUT2D eigenvalue weighted by Gasteiger charge is -2.03. The Labute approximate surface area is 111 Å². The summed E-state index contributed by atoms with van der Waals surface area (Å²) >= 11 is 0. The Morgan fingerprint density at radius 1 is 1.37 bits per heavy atom. The highest BCUT2D eigenvalue weighted by Crippen LogP contribution is 2.12. The van der Waals surface area contributed by atoms with Crippen LogP contribution in [-0.2, 0) is 14.9 Å². The molecule has 1 aromatic carbocycles. The zero-order valence-corrected chi connectivity index (χ0v) is 11.4. The molecule has 0 unspecified atom stereocenters. The lowest BCUT2D eigenvalue weighted by atomic mass is 10.2. The van der Waals surface area contributed by atoms with Crippen LogP contribution in [0.3, 0.4) is 0 Å². The van der Waals surface area contributed by atoms with Crippen molar-refractivity contribution < 1.29 is 17.8 Å². The summed E-state index contributed by atoms with van der Waals surface area (Å²) in [5.41, 5.74) is 0.551. The molecular weight excluding hydrogens is 270 g/mol. The van der Waals surface area contributed by atoms with Crippen LogP contribution in [0, 0.1) is 12.3 Å². The number of rotatable bonds is 1. The maximum atomic E-state index is 10.6. The number of amides is 1. The van der Waals surface area contributed by atoms with E-state index < -0.39 is 10.1 Å². The Kier molecular flexibility index (Phi) is 4.62. The van der Waals surface area contributed by atoms with E-state index in [1.165, 1.54) is 6.07 Å². The molecule has 19 heavy (non-hydrogen) atoms. The Morgan fingerprint density at radius 3 is 2.21 bits per heavy atom. The fourth-order valence-corrected chi connectivity index (χ4v) is 2.13. The van der Waals surface area contributed by atoms with Crippen molar-refractivity contribution in [2.24, 2.45) is 0 Å². The van der Waals surface area contributed by atoms with Gasteiger partial charge in [0.2, 0.25) is 5.91 Å². The second-order valence-electron chi connectivity index (χ2n) is 3.99. The van der Waals surface area contributed by atoms with Gasteiger partial charge in [-0.15, -0.1) is 0 Å². The Hall–Kier alpha value is -1.93. The Bertz CT molecular complexity index is 598. The molecule has 0 saturated carbocycles. The quantitative estimate of drug-likeness (QED) is 0.639. The smallest absolute Gasteiger partial charge is 0.294 e. The van der Waals surface area contributed by atoms with Crippen molar-refractivity contribution >= 4 is 22.0 Å². The minimum atomic E-state index is -4.03. The van der Waals surface area contributed by atoms with E-state index in [2.05, 4.69) is 5.32 Å².